The molecule has 116 valence electrons. The van der Waals surface area contributed by atoms with Crippen molar-refractivity contribution in [1.82, 2.24) is 10.3 Å². The van der Waals surface area contributed by atoms with Gasteiger partial charge in [-0.2, -0.15) is 0 Å². The third-order valence-electron chi connectivity index (χ3n) is 4.67. The smallest absolute Gasteiger partial charge is 0.399 e. The molecule has 2 aromatic rings. The van der Waals surface area contributed by atoms with Crippen LogP contribution in [-0.4, -0.2) is 36.3 Å². The van der Waals surface area contributed by atoms with Crippen molar-refractivity contribution in [2.45, 2.75) is 38.9 Å². The Balaban J connectivity index is 2.05. The molecule has 3 rings (SSSR count). The van der Waals surface area contributed by atoms with Gasteiger partial charge in [0.25, 0.3) is 5.91 Å². The number of hydrogen-bond donors (Lipinski definition) is 2. The van der Waals surface area contributed by atoms with Crippen molar-refractivity contribution in [3.8, 4) is 0 Å². The molecule has 1 aliphatic rings. The van der Waals surface area contributed by atoms with Crippen molar-refractivity contribution in [3.05, 3.63) is 30.0 Å². The maximum atomic E-state index is 11.8. The van der Waals surface area contributed by atoms with Gasteiger partial charge < -0.3 is 19.6 Å². The van der Waals surface area contributed by atoms with Gasteiger partial charge in [0.05, 0.1) is 11.2 Å². The molecule has 22 heavy (non-hydrogen) atoms. The van der Waals surface area contributed by atoms with E-state index in [2.05, 4.69) is 10.3 Å². The zero-order chi connectivity index (χ0) is 16.1. The predicted octanol–water partition coefficient (Wildman–Crippen LogP) is 1.83. The summed E-state index contributed by atoms with van der Waals surface area (Å²) in [6, 6.07) is 7.72. The Morgan fingerprint density at radius 1 is 1.18 bits per heavy atom. The molecule has 0 bridgehead atoms. The number of para-hydroxylation sites is 1. The van der Waals surface area contributed by atoms with Crippen molar-refractivity contribution >= 4 is 29.4 Å². The van der Waals surface area contributed by atoms with Crippen LogP contribution in [-0.2, 0) is 9.31 Å². The van der Waals surface area contributed by atoms with Crippen molar-refractivity contribution in [3.63, 3.8) is 0 Å². The fraction of sp³-hybridized carbons (Fsp3) is 0.438. The van der Waals surface area contributed by atoms with E-state index in [0.29, 0.717) is 5.69 Å². The minimum Gasteiger partial charge on any atom is -0.399 e. The van der Waals surface area contributed by atoms with E-state index < -0.39 is 18.3 Å². The number of aromatic nitrogens is 1. The van der Waals surface area contributed by atoms with Gasteiger partial charge in [-0.3, -0.25) is 4.79 Å². The van der Waals surface area contributed by atoms with Crippen LogP contribution in [0, 0.1) is 0 Å². The first-order chi connectivity index (χ1) is 10.2. The third-order valence-corrected chi connectivity index (χ3v) is 4.67. The van der Waals surface area contributed by atoms with Gasteiger partial charge in [0.1, 0.15) is 5.69 Å². The molecular weight excluding hydrogens is 279 g/mol. The number of amides is 1. The first-order valence-electron chi connectivity index (χ1n) is 7.44. The third kappa shape index (κ3) is 2.23. The second kappa shape index (κ2) is 4.86. The highest BCUT2D eigenvalue weighted by atomic mass is 16.7. The normalized spacial score (nSPS) is 19.6. The van der Waals surface area contributed by atoms with Gasteiger partial charge in [-0.25, -0.2) is 0 Å². The van der Waals surface area contributed by atoms with Gasteiger partial charge in [0.15, 0.2) is 0 Å². The van der Waals surface area contributed by atoms with E-state index in [1.54, 1.807) is 7.05 Å². The topological polar surface area (TPSA) is 63.4 Å². The number of rotatable bonds is 2. The minimum absolute atomic E-state index is 0.143. The molecule has 1 aromatic heterocycles. The van der Waals surface area contributed by atoms with Crippen molar-refractivity contribution in [2.24, 2.45) is 0 Å². The summed E-state index contributed by atoms with van der Waals surface area (Å²) in [5.41, 5.74) is 1.53. The Hall–Kier alpha value is -1.79. The molecule has 1 saturated heterocycles. The highest BCUT2D eigenvalue weighted by molar-refractivity contribution is 6.65. The molecule has 5 nitrogen and oxygen atoms in total. The van der Waals surface area contributed by atoms with Gasteiger partial charge in [0, 0.05) is 18.0 Å². The van der Waals surface area contributed by atoms with Crippen LogP contribution in [0.15, 0.2) is 24.3 Å². The standard InChI is InChI=1S/C16H21BN2O3/c1-15(2)16(3,4)22-17(21-15)11-8-6-7-10-9-12(14(20)18-5)19-13(10)11/h6-9,19H,1-5H3,(H,18,20). The van der Waals surface area contributed by atoms with Crippen LogP contribution in [0.5, 0.6) is 0 Å². The van der Waals surface area contributed by atoms with Crippen molar-refractivity contribution in [2.75, 3.05) is 7.05 Å². The summed E-state index contributed by atoms with van der Waals surface area (Å²) in [5.74, 6) is -0.143. The van der Waals surface area contributed by atoms with Gasteiger partial charge in [-0.1, -0.05) is 18.2 Å². The molecule has 6 heteroatoms. The second-order valence-electron chi connectivity index (χ2n) is 6.66. The molecule has 2 N–H and O–H groups in total. The highest BCUT2D eigenvalue weighted by Crippen LogP contribution is 2.36. The van der Waals surface area contributed by atoms with E-state index >= 15 is 0 Å². The Labute approximate surface area is 130 Å². The molecule has 0 unspecified atom stereocenters. The fourth-order valence-electron chi connectivity index (χ4n) is 2.60. The number of nitrogens with one attached hydrogen (secondary N) is 2. The summed E-state index contributed by atoms with van der Waals surface area (Å²) in [4.78, 5) is 15.0. The lowest BCUT2D eigenvalue weighted by molar-refractivity contribution is 0.00578. The maximum absolute atomic E-state index is 11.8. The Bertz CT molecular complexity index is 720. The van der Waals surface area contributed by atoms with E-state index in [0.717, 1.165) is 16.4 Å². The average Bonchev–Trinajstić information content (AvgIpc) is 2.96. The molecule has 0 saturated carbocycles. The van der Waals surface area contributed by atoms with Crippen LogP contribution in [0.25, 0.3) is 10.9 Å². The molecule has 0 spiro atoms. The molecule has 0 aliphatic carbocycles. The number of carbonyl (C=O) groups excluding carboxylic acids is 1. The zero-order valence-corrected chi connectivity index (χ0v) is 13.6. The van der Waals surface area contributed by atoms with Crippen LogP contribution in [0.4, 0.5) is 0 Å². The predicted molar refractivity (Wildman–Crippen MR) is 87.4 cm³/mol. The maximum Gasteiger partial charge on any atom is 0.497 e. The quantitative estimate of drug-likeness (QED) is 0.832. The lowest BCUT2D eigenvalue weighted by atomic mass is 9.78. The molecule has 1 aromatic carbocycles. The number of carbonyl (C=O) groups is 1. The number of aromatic amines is 1. The summed E-state index contributed by atoms with van der Waals surface area (Å²) in [7, 11) is 1.16. The van der Waals surface area contributed by atoms with E-state index in [9.17, 15) is 4.79 Å². The summed E-state index contributed by atoms with van der Waals surface area (Å²) >= 11 is 0. The lowest BCUT2D eigenvalue weighted by Gasteiger charge is -2.32. The van der Waals surface area contributed by atoms with Gasteiger partial charge in [-0.15, -0.1) is 0 Å². The largest absolute Gasteiger partial charge is 0.497 e. The Morgan fingerprint density at radius 3 is 2.41 bits per heavy atom. The molecule has 0 atom stereocenters. The summed E-state index contributed by atoms with van der Waals surface area (Å²) in [5, 5.41) is 3.59. The van der Waals surface area contributed by atoms with Crippen LogP contribution in [0.1, 0.15) is 38.2 Å². The van der Waals surface area contributed by atoms with Crippen LogP contribution in [0.2, 0.25) is 0 Å². The SMILES string of the molecule is CNC(=O)c1cc2cccc(B3OC(C)(C)C(C)(C)O3)c2[nH]1. The number of benzene rings is 1. The van der Waals surface area contributed by atoms with E-state index in [-0.39, 0.29) is 5.91 Å². The van der Waals surface area contributed by atoms with Gasteiger partial charge in [-0.05, 0) is 39.1 Å². The Kier molecular flexibility index (Phi) is 3.34. The van der Waals surface area contributed by atoms with Crippen molar-refractivity contribution < 1.29 is 14.1 Å². The monoisotopic (exact) mass is 300 g/mol. The molecule has 2 heterocycles. The number of fused-ring (bicyclic) bond motifs is 1. The first-order valence-corrected chi connectivity index (χ1v) is 7.44. The second-order valence-corrected chi connectivity index (χ2v) is 6.66. The summed E-state index contributed by atoms with van der Waals surface area (Å²) in [6.45, 7) is 8.10. The van der Waals surface area contributed by atoms with Gasteiger partial charge >= 0.3 is 7.12 Å². The molecule has 1 fully saturated rings. The van der Waals surface area contributed by atoms with Crippen LogP contribution < -0.4 is 10.8 Å². The Morgan fingerprint density at radius 2 is 1.82 bits per heavy atom. The zero-order valence-electron chi connectivity index (χ0n) is 13.6. The average molecular weight is 300 g/mol. The van der Waals surface area contributed by atoms with E-state index in [1.807, 2.05) is 52.0 Å². The van der Waals surface area contributed by atoms with E-state index in [4.69, 9.17) is 9.31 Å². The first kappa shape index (κ1) is 15.1. The minimum atomic E-state index is -0.454. The number of hydrogen-bond acceptors (Lipinski definition) is 3. The van der Waals surface area contributed by atoms with Crippen LogP contribution >= 0.6 is 0 Å². The highest BCUT2D eigenvalue weighted by Gasteiger charge is 2.52. The van der Waals surface area contributed by atoms with Crippen LogP contribution in [0.3, 0.4) is 0 Å². The summed E-state index contributed by atoms with van der Waals surface area (Å²) in [6.07, 6.45) is 0. The number of H-pyrrole nitrogens is 1. The molecule has 0 radical (unpaired) electrons. The summed E-state index contributed by atoms with van der Waals surface area (Å²) < 4.78 is 12.2. The van der Waals surface area contributed by atoms with E-state index in [1.165, 1.54) is 0 Å². The molecule has 1 amide bonds. The lowest BCUT2D eigenvalue weighted by Crippen LogP contribution is -2.41. The molecular formula is C16H21BN2O3. The fourth-order valence-corrected chi connectivity index (χ4v) is 2.60. The van der Waals surface area contributed by atoms with Crippen molar-refractivity contribution in [1.29, 1.82) is 0 Å². The molecule has 1 aliphatic heterocycles. The van der Waals surface area contributed by atoms with Gasteiger partial charge in [0.2, 0.25) is 0 Å².